The summed E-state index contributed by atoms with van der Waals surface area (Å²) in [4.78, 5) is 7.37. The van der Waals surface area contributed by atoms with Crippen LogP contribution in [0, 0.1) is 0 Å². The van der Waals surface area contributed by atoms with Gasteiger partial charge >= 0.3 is 0 Å². The third-order valence-electron chi connectivity index (χ3n) is 4.05. The number of nitrogens with zero attached hydrogens (tertiary/aromatic N) is 3. The van der Waals surface area contributed by atoms with E-state index in [1.807, 2.05) is 0 Å². The minimum atomic E-state index is 0.459. The Morgan fingerprint density at radius 2 is 1.95 bits per heavy atom. The van der Waals surface area contributed by atoms with Crippen molar-refractivity contribution in [2.24, 2.45) is 0 Å². The summed E-state index contributed by atoms with van der Waals surface area (Å²) in [5.74, 6) is 1.22. The number of imidazole rings is 1. The predicted octanol–water partition coefficient (Wildman–Crippen LogP) is 2.06. The fourth-order valence-electron chi connectivity index (χ4n) is 3.04. The number of piperazine rings is 1. The molecular weight excluding hydrogens is 248 g/mol. The van der Waals surface area contributed by atoms with Crippen LogP contribution in [0.4, 0.5) is 0 Å². The Morgan fingerprint density at radius 1 is 1.20 bits per heavy atom. The molecule has 0 atom stereocenters. The Kier molecular flexibility index (Phi) is 4.03. The van der Waals surface area contributed by atoms with E-state index in [2.05, 4.69) is 52.9 Å². The summed E-state index contributed by atoms with van der Waals surface area (Å²) in [5.41, 5.74) is 2.38. The van der Waals surface area contributed by atoms with Crippen LogP contribution in [0.1, 0.15) is 25.7 Å². The molecule has 0 aliphatic carbocycles. The molecule has 0 amide bonds. The first-order chi connectivity index (χ1) is 9.75. The topological polar surface area (TPSA) is 33.1 Å². The third kappa shape index (κ3) is 2.72. The van der Waals surface area contributed by atoms with E-state index in [-0.39, 0.29) is 0 Å². The molecule has 108 valence electrons. The smallest absolute Gasteiger partial charge is 0.111 e. The van der Waals surface area contributed by atoms with Crippen molar-refractivity contribution in [3.8, 4) is 0 Å². The van der Waals surface area contributed by atoms with Crippen LogP contribution < -0.4 is 5.32 Å². The van der Waals surface area contributed by atoms with Gasteiger partial charge in [-0.3, -0.25) is 0 Å². The van der Waals surface area contributed by atoms with Crippen LogP contribution in [0.15, 0.2) is 24.3 Å². The maximum absolute atomic E-state index is 4.84. The van der Waals surface area contributed by atoms with Crippen LogP contribution in [0.3, 0.4) is 0 Å². The quantitative estimate of drug-likeness (QED) is 0.925. The van der Waals surface area contributed by atoms with Gasteiger partial charge in [-0.15, -0.1) is 0 Å². The minimum Gasteiger partial charge on any atom is -0.325 e. The van der Waals surface area contributed by atoms with Gasteiger partial charge in [0.05, 0.1) is 11.0 Å². The van der Waals surface area contributed by atoms with Crippen LogP contribution in [0.25, 0.3) is 11.0 Å². The molecule has 1 saturated heterocycles. The molecule has 0 unspecified atom stereocenters. The summed E-state index contributed by atoms with van der Waals surface area (Å²) in [5, 5.41) is 3.40. The van der Waals surface area contributed by atoms with E-state index >= 15 is 0 Å². The van der Waals surface area contributed by atoms with Crippen molar-refractivity contribution < 1.29 is 0 Å². The van der Waals surface area contributed by atoms with Crippen molar-refractivity contribution in [1.82, 2.24) is 19.8 Å². The summed E-state index contributed by atoms with van der Waals surface area (Å²) in [6, 6.07) is 8.92. The number of rotatable bonds is 4. The molecule has 1 N–H and O–H groups in total. The lowest BCUT2D eigenvalue weighted by atomic mass is 10.2. The average Bonchev–Trinajstić information content (AvgIpc) is 2.84. The zero-order chi connectivity index (χ0) is 13.9. The molecule has 3 rings (SSSR count). The van der Waals surface area contributed by atoms with Gasteiger partial charge in [-0.2, -0.15) is 0 Å². The highest BCUT2D eigenvalue weighted by atomic mass is 15.2. The van der Waals surface area contributed by atoms with E-state index in [1.165, 1.54) is 11.3 Å². The second-order valence-corrected chi connectivity index (χ2v) is 5.82. The van der Waals surface area contributed by atoms with Crippen LogP contribution in [-0.4, -0.2) is 47.2 Å². The van der Waals surface area contributed by atoms with Crippen LogP contribution >= 0.6 is 0 Å². The Hall–Kier alpha value is -1.39. The molecule has 2 aromatic rings. The normalized spacial score (nSPS) is 17.1. The lowest BCUT2D eigenvalue weighted by molar-refractivity contribution is 0.241. The lowest BCUT2D eigenvalue weighted by Gasteiger charge is -2.27. The Balaban J connectivity index is 1.81. The van der Waals surface area contributed by atoms with Crippen LogP contribution in [-0.2, 0) is 6.42 Å². The molecule has 1 aromatic heterocycles. The molecule has 2 heterocycles. The number of hydrogen-bond donors (Lipinski definition) is 1. The zero-order valence-corrected chi connectivity index (χ0v) is 12.5. The second-order valence-electron chi connectivity index (χ2n) is 5.82. The van der Waals surface area contributed by atoms with Gasteiger partial charge in [0.1, 0.15) is 5.82 Å². The van der Waals surface area contributed by atoms with E-state index in [4.69, 9.17) is 4.98 Å². The molecular formula is C16H24N4. The highest BCUT2D eigenvalue weighted by Gasteiger charge is 2.15. The third-order valence-corrected chi connectivity index (χ3v) is 4.05. The number of para-hydroxylation sites is 2. The minimum absolute atomic E-state index is 0.459. The maximum atomic E-state index is 4.84. The molecule has 0 spiro atoms. The Morgan fingerprint density at radius 3 is 2.70 bits per heavy atom. The van der Waals surface area contributed by atoms with Crippen molar-refractivity contribution in [3.63, 3.8) is 0 Å². The molecule has 20 heavy (non-hydrogen) atoms. The molecule has 1 fully saturated rings. The first-order valence-electron chi connectivity index (χ1n) is 7.64. The van der Waals surface area contributed by atoms with Gasteiger partial charge in [-0.05, 0) is 26.0 Å². The van der Waals surface area contributed by atoms with Gasteiger partial charge < -0.3 is 14.8 Å². The van der Waals surface area contributed by atoms with E-state index in [0.717, 1.165) is 44.7 Å². The molecule has 0 bridgehead atoms. The summed E-state index contributed by atoms with van der Waals surface area (Å²) >= 11 is 0. The van der Waals surface area contributed by atoms with Crippen molar-refractivity contribution in [3.05, 3.63) is 30.1 Å². The van der Waals surface area contributed by atoms with E-state index in [1.54, 1.807) is 0 Å². The van der Waals surface area contributed by atoms with E-state index in [9.17, 15) is 0 Å². The summed E-state index contributed by atoms with van der Waals surface area (Å²) in [6.45, 7) is 10.1. The first kappa shape index (κ1) is 13.6. The molecule has 4 heteroatoms. The van der Waals surface area contributed by atoms with Crippen LogP contribution in [0.5, 0.6) is 0 Å². The van der Waals surface area contributed by atoms with E-state index < -0.39 is 0 Å². The standard InChI is InChI=1S/C16H24N4/c1-13(2)20-15-6-4-3-5-14(15)18-16(20)7-10-19-11-8-17-9-12-19/h3-6,13,17H,7-12H2,1-2H3. The highest BCUT2D eigenvalue weighted by Crippen LogP contribution is 2.21. The monoisotopic (exact) mass is 272 g/mol. The molecule has 0 radical (unpaired) electrons. The zero-order valence-electron chi connectivity index (χ0n) is 12.5. The van der Waals surface area contributed by atoms with Gasteiger partial charge in [0.25, 0.3) is 0 Å². The second kappa shape index (κ2) is 5.94. The number of hydrogen-bond acceptors (Lipinski definition) is 3. The lowest BCUT2D eigenvalue weighted by Crippen LogP contribution is -2.44. The van der Waals surface area contributed by atoms with E-state index in [0.29, 0.717) is 6.04 Å². The fourth-order valence-corrected chi connectivity index (χ4v) is 3.04. The first-order valence-corrected chi connectivity index (χ1v) is 7.64. The molecule has 1 aliphatic rings. The maximum Gasteiger partial charge on any atom is 0.111 e. The number of nitrogens with one attached hydrogen (secondary N) is 1. The van der Waals surface area contributed by atoms with Crippen molar-refractivity contribution in [2.45, 2.75) is 26.3 Å². The van der Waals surface area contributed by atoms with Gasteiger partial charge in [0, 0.05) is 45.2 Å². The molecule has 4 nitrogen and oxygen atoms in total. The van der Waals surface area contributed by atoms with Crippen molar-refractivity contribution in [2.75, 3.05) is 32.7 Å². The Bertz CT molecular complexity index is 567. The van der Waals surface area contributed by atoms with Gasteiger partial charge in [-0.25, -0.2) is 4.98 Å². The number of aromatic nitrogens is 2. The van der Waals surface area contributed by atoms with Gasteiger partial charge in [0.15, 0.2) is 0 Å². The number of fused-ring (bicyclic) bond motifs is 1. The average molecular weight is 272 g/mol. The van der Waals surface area contributed by atoms with Crippen molar-refractivity contribution in [1.29, 1.82) is 0 Å². The summed E-state index contributed by atoms with van der Waals surface area (Å²) in [6.07, 6.45) is 1.03. The molecule has 1 aliphatic heterocycles. The Labute approximate surface area is 120 Å². The summed E-state index contributed by atoms with van der Waals surface area (Å²) in [7, 11) is 0. The van der Waals surface area contributed by atoms with Gasteiger partial charge in [0.2, 0.25) is 0 Å². The SMILES string of the molecule is CC(C)n1c(CCN2CCNCC2)nc2ccccc21. The summed E-state index contributed by atoms with van der Waals surface area (Å²) < 4.78 is 2.39. The van der Waals surface area contributed by atoms with Crippen LogP contribution in [0.2, 0.25) is 0 Å². The predicted molar refractivity (Wildman–Crippen MR) is 83.1 cm³/mol. The fraction of sp³-hybridized carbons (Fsp3) is 0.562. The number of benzene rings is 1. The highest BCUT2D eigenvalue weighted by molar-refractivity contribution is 5.76. The van der Waals surface area contributed by atoms with Gasteiger partial charge in [-0.1, -0.05) is 12.1 Å². The largest absolute Gasteiger partial charge is 0.325 e. The van der Waals surface area contributed by atoms with Crippen molar-refractivity contribution >= 4 is 11.0 Å². The molecule has 0 saturated carbocycles. The molecule has 1 aromatic carbocycles.